The SMILES string of the molecule is C=CCN(Cn1nnc2ccccc21)C(=O)C1N(CCCO)C(=O)[C@@H]2[C@H](C(=O)N(CC=C)Cc3ccccc3)[C@]3(C)CCC12S3. The summed E-state index contributed by atoms with van der Waals surface area (Å²) in [5.41, 5.74) is 2.52. The third kappa shape index (κ3) is 5.25. The van der Waals surface area contributed by atoms with Gasteiger partial charge in [-0.15, -0.1) is 30.0 Å². The first-order valence-electron chi connectivity index (χ1n) is 15.5. The summed E-state index contributed by atoms with van der Waals surface area (Å²) in [6.07, 6.45) is 5.10. The monoisotopic (exact) mass is 628 g/mol. The topological polar surface area (TPSA) is 112 Å². The number of benzene rings is 2. The van der Waals surface area contributed by atoms with Crippen LogP contribution in [0.3, 0.4) is 0 Å². The van der Waals surface area contributed by atoms with Gasteiger partial charge in [-0.2, -0.15) is 0 Å². The van der Waals surface area contributed by atoms with Crippen LogP contribution in [-0.2, 0) is 27.6 Å². The van der Waals surface area contributed by atoms with E-state index in [4.69, 9.17) is 0 Å². The van der Waals surface area contributed by atoms with Crippen LogP contribution in [0.5, 0.6) is 0 Å². The number of aliphatic hydroxyl groups excluding tert-OH is 1. The second-order valence-electron chi connectivity index (χ2n) is 12.4. The molecule has 0 saturated carbocycles. The zero-order valence-electron chi connectivity index (χ0n) is 25.6. The van der Waals surface area contributed by atoms with E-state index >= 15 is 0 Å². The van der Waals surface area contributed by atoms with Gasteiger partial charge in [-0.25, -0.2) is 4.68 Å². The molecule has 11 heteroatoms. The van der Waals surface area contributed by atoms with E-state index < -0.39 is 27.4 Å². The maximum absolute atomic E-state index is 14.7. The Morgan fingerprint density at radius 2 is 1.76 bits per heavy atom. The van der Waals surface area contributed by atoms with Crippen LogP contribution in [0.25, 0.3) is 11.0 Å². The van der Waals surface area contributed by atoms with E-state index in [1.54, 1.807) is 43.3 Å². The van der Waals surface area contributed by atoms with Gasteiger partial charge >= 0.3 is 0 Å². The van der Waals surface area contributed by atoms with Crippen LogP contribution in [0.1, 0.15) is 31.7 Å². The summed E-state index contributed by atoms with van der Waals surface area (Å²) >= 11 is 1.65. The van der Waals surface area contributed by atoms with Crippen LogP contribution >= 0.6 is 11.8 Å². The van der Waals surface area contributed by atoms with Gasteiger partial charge in [0.25, 0.3) is 0 Å². The molecule has 2 aromatic carbocycles. The van der Waals surface area contributed by atoms with Gasteiger partial charge < -0.3 is 19.8 Å². The first-order chi connectivity index (χ1) is 21.8. The Morgan fingerprint density at radius 1 is 1.04 bits per heavy atom. The molecular weight excluding hydrogens is 588 g/mol. The number of aliphatic hydroxyl groups is 1. The van der Waals surface area contributed by atoms with Crippen LogP contribution < -0.4 is 0 Å². The number of rotatable bonds is 13. The lowest BCUT2D eigenvalue weighted by molar-refractivity contribution is -0.146. The van der Waals surface area contributed by atoms with Crippen molar-refractivity contribution in [2.45, 2.75) is 54.9 Å². The highest BCUT2D eigenvalue weighted by Gasteiger charge is 2.77. The highest BCUT2D eigenvalue weighted by atomic mass is 32.2. The van der Waals surface area contributed by atoms with Gasteiger partial charge in [0.05, 0.1) is 22.1 Å². The fraction of sp³-hybridized carbons (Fsp3) is 0.441. The van der Waals surface area contributed by atoms with Crippen LogP contribution in [0.4, 0.5) is 0 Å². The van der Waals surface area contributed by atoms with Crippen LogP contribution in [0, 0.1) is 11.8 Å². The molecule has 2 unspecified atom stereocenters. The Kier molecular flexibility index (Phi) is 8.58. The molecule has 4 heterocycles. The largest absolute Gasteiger partial charge is 0.396 e. The molecule has 6 rings (SSSR count). The predicted octanol–water partition coefficient (Wildman–Crippen LogP) is 3.48. The van der Waals surface area contributed by atoms with Gasteiger partial charge in [0, 0.05) is 37.5 Å². The minimum atomic E-state index is -0.789. The van der Waals surface area contributed by atoms with Crippen molar-refractivity contribution >= 4 is 40.5 Å². The number of thioether (sulfide) groups is 1. The van der Waals surface area contributed by atoms with Crippen LogP contribution in [-0.4, -0.2) is 94.3 Å². The number of amides is 3. The summed E-state index contributed by atoms with van der Waals surface area (Å²) < 4.78 is 0.417. The smallest absolute Gasteiger partial charge is 0.248 e. The van der Waals surface area contributed by atoms with Gasteiger partial charge in [-0.3, -0.25) is 14.4 Å². The highest BCUT2D eigenvalue weighted by molar-refractivity contribution is 8.02. The molecule has 45 heavy (non-hydrogen) atoms. The summed E-state index contributed by atoms with van der Waals surface area (Å²) in [5.74, 6) is -1.71. The van der Waals surface area contributed by atoms with Crippen molar-refractivity contribution in [1.82, 2.24) is 29.7 Å². The molecule has 3 saturated heterocycles. The van der Waals surface area contributed by atoms with Crippen molar-refractivity contribution in [2.24, 2.45) is 11.8 Å². The lowest BCUT2D eigenvalue weighted by Gasteiger charge is -2.38. The molecule has 10 nitrogen and oxygen atoms in total. The third-order valence-corrected chi connectivity index (χ3v) is 11.6. The molecule has 236 valence electrons. The van der Waals surface area contributed by atoms with Gasteiger partial charge in [0.2, 0.25) is 17.7 Å². The molecule has 5 atom stereocenters. The maximum Gasteiger partial charge on any atom is 0.248 e. The predicted molar refractivity (Wildman–Crippen MR) is 174 cm³/mol. The van der Waals surface area contributed by atoms with E-state index in [0.717, 1.165) is 23.0 Å². The Bertz CT molecular complexity index is 1610. The third-order valence-electron chi connectivity index (χ3n) is 9.60. The van der Waals surface area contributed by atoms with Crippen molar-refractivity contribution < 1.29 is 19.5 Å². The summed E-state index contributed by atoms with van der Waals surface area (Å²) in [6, 6.07) is 16.6. The first-order valence-corrected chi connectivity index (χ1v) is 16.3. The molecule has 3 amide bonds. The molecular formula is C34H40N6O4S. The number of likely N-dealkylation sites (tertiary alicyclic amines) is 1. The molecule has 0 radical (unpaired) electrons. The van der Waals surface area contributed by atoms with Gasteiger partial charge in [0.1, 0.15) is 18.2 Å². The molecule has 2 bridgehead atoms. The molecule has 3 fully saturated rings. The van der Waals surface area contributed by atoms with E-state index in [-0.39, 0.29) is 44.1 Å². The lowest BCUT2D eigenvalue weighted by Crippen LogP contribution is -2.55. The van der Waals surface area contributed by atoms with Crippen molar-refractivity contribution in [3.8, 4) is 0 Å². The molecule has 1 spiro atoms. The quantitative estimate of drug-likeness (QED) is 0.289. The van der Waals surface area contributed by atoms with E-state index in [0.29, 0.717) is 25.9 Å². The minimum absolute atomic E-state index is 0.0825. The zero-order chi connectivity index (χ0) is 31.8. The number of carbonyl (C=O) groups excluding carboxylic acids is 3. The average molecular weight is 629 g/mol. The average Bonchev–Trinajstić information content (AvgIpc) is 3.75. The zero-order valence-corrected chi connectivity index (χ0v) is 26.4. The molecule has 3 aliphatic heterocycles. The second kappa shape index (κ2) is 12.4. The molecule has 3 aliphatic rings. The number of hydrogen-bond acceptors (Lipinski definition) is 7. The minimum Gasteiger partial charge on any atom is -0.396 e. The molecule has 1 N–H and O–H groups in total. The first kappa shape index (κ1) is 31.0. The van der Waals surface area contributed by atoms with Crippen LogP contribution in [0.15, 0.2) is 79.9 Å². The van der Waals surface area contributed by atoms with Gasteiger partial charge in [-0.05, 0) is 43.9 Å². The van der Waals surface area contributed by atoms with Crippen LogP contribution in [0.2, 0.25) is 0 Å². The van der Waals surface area contributed by atoms with Crippen molar-refractivity contribution in [2.75, 3.05) is 26.2 Å². The number of carbonyl (C=O) groups is 3. The number of aromatic nitrogens is 3. The Hall–Kier alpha value is -3.96. The van der Waals surface area contributed by atoms with E-state index in [9.17, 15) is 19.5 Å². The fourth-order valence-corrected chi connectivity index (χ4v) is 10.0. The normalized spacial score (nSPS) is 26.7. The summed E-state index contributed by atoms with van der Waals surface area (Å²) in [6.45, 7) is 11.2. The van der Waals surface area contributed by atoms with Gasteiger partial charge in [-0.1, -0.05) is 59.8 Å². The van der Waals surface area contributed by atoms with Crippen molar-refractivity contribution in [3.05, 3.63) is 85.5 Å². The van der Waals surface area contributed by atoms with Crippen molar-refractivity contribution in [3.63, 3.8) is 0 Å². The highest BCUT2D eigenvalue weighted by Crippen LogP contribution is 2.71. The fourth-order valence-electron chi connectivity index (χ4n) is 7.68. The van der Waals surface area contributed by atoms with Gasteiger partial charge in [0.15, 0.2) is 0 Å². The van der Waals surface area contributed by atoms with E-state index in [1.165, 1.54) is 0 Å². The second-order valence-corrected chi connectivity index (χ2v) is 14.3. The molecule has 1 aromatic heterocycles. The van der Waals surface area contributed by atoms with E-state index in [1.807, 2.05) is 54.6 Å². The Labute approximate surface area is 267 Å². The number of fused-ring (bicyclic) bond motifs is 2. The summed E-state index contributed by atoms with van der Waals surface area (Å²) in [4.78, 5) is 48.8. The van der Waals surface area contributed by atoms with Crippen molar-refractivity contribution in [1.29, 1.82) is 0 Å². The van der Waals surface area contributed by atoms with E-state index in [2.05, 4.69) is 30.4 Å². The summed E-state index contributed by atoms with van der Waals surface area (Å²) in [5, 5.41) is 18.3. The number of para-hydroxylation sites is 1. The maximum atomic E-state index is 14.7. The molecule has 0 aliphatic carbocycles. The lowest BCUT2D eigenvalue weighted by atomic mass is 9.66. The number of hydrogen-bond donors (Lipinski definition) is 1. The standard InChI is InChI=1S/C34H40N6O4S/c1-4-18-37(22-24-12-7-6-8-13-24)30(42)27-28-31(43)39(20-11-21-41)29(34(28)17-16-33(27,3)45-34)32(44)38(19-5-2)23-40-26-15-10-9-14-25(26)35-36-40/h4-10,12-15,27-29,41H,1-2,11,16-23H2,3H3/t27-,28+,29?,33+,34?/m1/s1. The Morgan fingerprint density at radius 3 is 2.49 bits per heavy atom. The Balaban J connectivity index is 1.36. The summed E-state index contributed by atoms with van der Waals surface area (Å²) in [7, 11) is 0. The molecule has 3 aromatic rings. The number of nitrogens with zero attached hydrogens (tertiary/aromatic N) is 6.